The van der Waals surface area contributed by atoms with Crippen LogP contribution < -0.4 is 4.90 Å². The fraction of sp³-hybridized carbons (Fsp3) is 0.444. The van der Waals surface area contributed by atoms with E-state index in [1.54, 1.807) is 4.90 Å². The highest BCUT2D eigenvalue weighted by Gasteiger charge is 2.35. The summed E-state index contributed by atoms with van der Waals surface area (Å²) in [5, 5.41) is 21.1. The largest absolute Gasteiger partial charge is 0.481 e. The maximum absolute atomic E-state index is 12.6. The van der Waals surface area contributed by atoms with E-state index in [1.807, 2.05) is 49.4 Å². The van der Waals surface area contributed by atoms with Crippen LogP contribution in [0.25, 0.3) is 11.0 Å². The van der Waals surface area contributed by atoms with E-state index in [0.29, 0.717) is 18.7 Å². The summed E-state index contributed by atoms with van der Waals surface area (Å²) in [6.45, 7) is 2.00. The van der Waals surface area contributed by atoms with E-state index in [0.717, 1.165) is 53.5 Å². The number of aliphatic carboxylic acids is 1. The highest BCUT2D eigenvalue weighted by atomic mass is 16.5. The normalized spacial score (nSPS) is 23.1. The van der Waals surface area contributed by atoms with E-state index in [2.05, 4.69) is 4.57 Å². The summed E-state index contributed by atoms with van der Waals surface area (Å²) in [6.07, 6.45) is 2.96. The van der Waals surface area contributed by atoms with Crippen molar-refractivity contribution in [2.75, 3.05) is 12.0 Å². The van der Waals surface area contributed by atoms with Crippen LogP contribution >= 0.6 is 0 Å². The van der Waals surface area contributed by atoms with Gasteiger partial charge in [-0.05, 0) is 56.7 Å². The number of aromatic nitrogens is 2. The third kappa shape index (κ3) is 4.05. The molecule has 4 atom stereocenters. The Morgan fingerprint density at radius 2 is 1.89 bits per heavy atom. The summed E-state index contributed by atoms with van der Waals surface area (Å²) >= 11 is 0. The molecule has 1 aliphatic heterocycles. The van der Waals surface area contributed by atoms with Crippen molar-refractivity contribution in [3.8, 4) is 0 Å². The number of fused-ring (bicyclic) bond motifs is 3. The molecule has 3 aromatic rings. The lowest BCUT2D eigenvalue weighted by Gasteiger charge is -2.34. The average Bonchev–Trinajstić information content (AvgIpc) is 3.28. The molecule has 0 saturated heterocycles. The monoisotopic (exact) mass is 477 g/mol. The average molecular weight is 478 g/mol. The van der Waals surface area contributed by atoms with Crippen LogP contribution in [-0.4, -0.2) is 45.0 Å². The second kappa shape index (κ2) is 9.34. The number of methoxy groups -OCH3 is 1. The number of nitrogens with zero attached hydrogens (tertiary/aromatic N) is 3. The van der Waals surface area contributed by atoms with E-state index in [9.17, 15) is 19.8 Å². The molecule has 2 aliphatic rings. The summed E-state index contributed by atoms with van der Waals surface area (Å²) in [4.78, 5) is 31.0. The molecule has 35 heavy (non-hydrogen) atoms. The van der Waals surface area contributed by atoms with Crippen LogP contribution in [0.15, 0.2) is 42.5 Å². The minimum absolute atomic E-state index is 0.00136. The van der Waals surface area contributed by atoms with Crippen LogP contribution in [0, 0.1) is 5.92 Å². The van der Waals surface area contributed by atoms with E-state index >= 15 is 0 Å². The van der Waals surface area contributed by atoms with Gasteiger partial charge in [-0.3, -0.25) is 9.69 Å². The fourth-order valence-corrected chi connectivity index (χ4v) is 5.78. The van der Waals surface area contributed by atoms with Crippen LogP contribution in [0.2, 0.25) is 0 Å². The van der Waals surface area contributed by atoms with E-state index in [4.69, 9.17) is 9.72 Å². The van der Waals surface area contributed by atoms with Gasteiger partial charge in [0, 0.05) is 17.6 Å². The number of hydrogen-bond acceptors (Lipinski definition) is 5. The van der Waals surface area contributed by atoms with Crippen molar-refractivity contribution >= 4 is 28.8 Å². The number of imidazole rings is 1. The molecule has 0 radical (unpaired) electrons. The molecule has 8 nitrogen and oxygen atoms in total. The number of ether oxygens (including phenoxy) is 1. The van der Waals surface area contributed by atoms with Gasteiger partial charge in [-0.2, -0.15) is 0 Å². The van der Waals surface area contributed by atoms with Crippen LogP contribution in [-0.2, 0) is 16.0 Å². The number of rotatable bonds is 4. The van der Waals surface area contributed by atoms with Crippen molar-refractivity contribution in [1.29, 1.82) is 0 Å². The molecule has 1 saturated carbocycles. The number of carbonyl (C=O) groups is 2. The van der Waals surface area contributed by atoms with E-state index < -0.39 is 24.1 Å². The molecule has 2 aromatic carbocycles. The minimum atomic E-state index is -0.955. The van der Waals surface area contributed by atoms with Crippen molar-refractivity contribution in [2.24, 2.45) is 5.92 Å². The Bertz CT molecular complexity index is 1250. The maximum atomic E-state index is 12.6. The molecule has 0 bridgehead atoms. The zero-order valence-electron chi connectivity index (χ0n) is 20.1. The van der Waals surface area contributed by atoms with Gasteiger partial charge in [0.2, 0.25) is 0 Å². The molecular weight excluding hydrogens is 446 g/mol. The third-order valence-corrected chi connectivity index (χ3v) is 7.57. The Kier molecular flexibility index (Phi) is 6.23. The number of carboxylic acid groups (broad SMARTS) is 1. The first-order valence-electron chi connectivity index (χ1n) is 12.3. The lowest BCUT2D eigenvalue weighted by Crippen LogP contribution is -2.42. The Hall–Kier alpha value is -3.39. The number of carbonyl (C=O) groups excluding carboxylic acids is 1. The maximum Gasteiger partial charge on any atom is 0.414 e. The molecule has 1 aromatic heterocycles. The van der Waals surface area contributed by atoms with Crippen LogP contribution in [0.5, 0.6) is 0 Å². The highest BCUT2D eigenvalue weighted by molar-refractivity contribution is 5.95. The SMILES string of the molecule is COC(=O)N1c2ccc3c(nc([C@H](O)c4ccccc4)n3C3CCC[C@H](C(=O)O)C3)c2CC[C@@H]1C. The van der Waals surface area contributed by atoms with Gasteiger partial charge in [0.1, 0.15) is 11.9 Å². The second-order valence-electron chi connectivity index (χ2n) is 9.67. The molecule has 1 aliphatic carbocycles. The van der Waals surface area contributed by atoms with Gasteiger partial charge >= 0.3 is 12.1 Å². The Balaban J connectivity index is 1.69. The smallest absolute Gasteiger partial charge is 0.414 e. The van der Waals surface area contributed by atoms with Gasteiger partial charge in [-0.15, -0.1) is 0 Å². The number of aryl methyl sites for hydroxylation is 1. The number of benzene rings is 2. The van der Waals surface area contributed by atoms with E-state index in [-0.39, 0.29) is 12.1 Å². The number of hydrogen-bond donors (Lipinski definition) is 2. The van der Waals surface area contributed by atoms with Gasteiger partial charge in [-0.25, -0.2) is 9.78 Å². The fourth-order valence-electron chi connectivity index (χ4n) is 5.78. The molecule has 2 N–H and O–H groups in total. The predicted molar refractivity (Wildman–Crippen MR) is 132 cm³/mol. The van der Waals surface area contributed by atoms with Crippen molar-refractivity contribution in [1.82, 2.24) is 9.55 Å². The molecule has 1 amide bonds. The molecular formula is C27H31N3O5. The zero-order chi connectivity index (χ0) is 24.7. The number of aliphatic hydroxyl groups excluding tert-OH is 1. The number of carboxylic acids is 1. The number of amides is 1. The van der Waals surface area contributed by atoms with Gasteiger partial charge in [0.25, 0.3) is 0 Å². The zero-order valence-corrected chi connectivity index (χ0v) is 20.1. The quantitative estimate of drug-likeness (QED) is 0.557. The minimum Gasteiger partial charge on any atom is -0.481 e. The van der Waals surface area contributed by atoms with Gasteiger partial charge in [-0.1, -0.05) is 36.8 Å². The molecule has 8 heteroatoms. The number of aliphatic hydroxyl groups is 1. The highest BCUT2D eigenvalue weighted by Crippen LogP contribution is 2.42. The van der Waals surface area contributed by atoms with Crippen LogP contribution in [0.4, 0.5) is 10.5 Å². The lowest BCUT2D eigenvalue weighted by molar-refractivity contribution is -0.143. The lowest BCUT2D eigenvalue weighted by atomic mass is 9.85. The molecule has 1 fully saturated rings. The van der Waals surface area contributed by atoms with Crippen molar-refractivity contribution < 1.29 is 24.5 Å². The van der Waals surface area contributed by atoms with Gasteiger partial charge < -0.3 is 19.5 Å². The summed E-state index contributed by atoms with van der Waals surface area (Å²) < 4.78 is 7.11. The van der Waals surface area contributed by atoms with Crippen LogP contribution in [0.3, 0.4) is 0 Å². The standard InChI is InChI=1S/C27H31N3O5/c1-16-11-12-20-21(29(16)27(34)35-2)13-14-22-23(20)28-25(24(31)17-7-4-3-5-8-17)30(22)19-10-6-9-18(15-19)26(32)33/h3-5,7-8,13-14,16,18-19,24,31H,6,9-12,15H2,1-2H3,(H,32,33)/t16-,18-,19?,24+/m0/s1. The van der Waals surface area contributed by atoms with Crippen molar-refractivity contribution in [3.05, 3.63) is 59.4 Å². The Labute approximate surface area is 204 Å². The molecule has 1 unspecified atom stereocenters. The van der Waals surface area contributed by atoms with Gasteiger partial charge in [0.05, 0.1) is 29.7 Å². The first-order chi connectivity index (χ1) is 16.9. The second-order valence-corrected chi connectivity index (χ2v) is 9.67. The topological polar surface area (TPSA) is 105 Å². The summed E-state index contributed by atoms with van der Waals surface area (Å²) in [5.41, 5.74) is 4.08. The van der Waals surface area contributed by atoms with Crippen molar-refractivity contribution in [3.63, 3.8) is 0 Å². The van der Waals surface area contributed by atoms with E-state index in [1.165, 1.54) is 7.11 Å². The first kappa shape index (κ1) is 23.4. The Morgan fingerprint density at radius 3 is 2.60 bits per heavy atom. The first-order valence-corrected chi connectivity index (χ1v) is 12.3. The summed E-state index contributed by atoms with van der Waals surface area (Å²) in [7, 11) is 1.38. The summed E-state index contributed by atoms with van der Waals surface area (Å²) in [6, 6.07) is 13.2. The Morgan fingerprint density at radius 1 is 1.11 bits per heavy atom. The van der Waals surface area contributed by atoms with Crippen molar-refractivity contribution in [2.45, 2.75) is 63.6 Å². The molecule has 5 rings (SSSR count). The predicted octanol–water partition coefficient (Wildman–Crippen LogP) is 4.84. The summed E-state index contributed by atoms with van der Waals surface area (Å²) in [5.74, 6) is -0.676. The molecule has 2 heterocycles. The molecule has 184 valence electrons. The molecule has 0 spiro atoms. The van der Waals surface area contributed by atoms with Gasteiger partial charge in [0.15, 0.2) is 0 Å². The number of anilines is 1. The van der Waals surface area contributed by atoms with Crippen LogP contribution in [0.1, 0.15) is 68.1 Å². The third-order valence-electron chi connectivity index (χ3n) is 7.57.